The predicted molar refractivity (Wildman–Crippen MR) is 98.3 cm³/mol. The van der Waals surface area contributed by atoms with Crippen molar-refractivity contribution in [1.29, 1.82) is 0 Å². The Morgan fingerprint density at radius 1 is 1.27 bits per heavy atom. The first-order chi connectivity index (χ1) is 12.6. The SMILES string of the molecule is COc1cccc(CC(=O)NCC(c2ccco2)n2nc(C)cc2C)c1. The molecule has 0 aliphatic heterocycles. The maximum absolute atomic E-state index is 12.4. The van der Waals surface area contributed by atoms with Crippen LogP contribution in [0.15, 0.2) is 53.1 Å². The van der Waals surface area contributed by atoms with Gasteiger partial charge in [-0.3, -0.25) is 9.48 Å². The molecule has 26 heavy (non-hydrogen) atoms. The molecule has 0 fully saturated rings. The molecule has 2 aromatic heterocycles. The number of amides is 1. The number of furan rings is 1. The number of hydrogen-bond acceptors (Lipinski definition) is 4. The van der Waals surface area contributed by atoms with Crippen molar-refractivity contribution in [3.8, 4) is 5.75 Å². The lowest BCUT2D eigenvalue weighted by molar-refractivity contribution is -0.120. The molecule has 1 atom stereocenters. The third-order valence-corrected chi connectivity index (χ3v) is 4.20. The van der Waals surface area contributed by atoms with Crippen molar-refractivity contribution in [3.05, 3.63) is 71.4 Å². The molecule has 0 spiro atoms. The zero-order chi connectivity index (χ0) is 18.5. The van der Waals surface area contributed by atoms with Gasteiger partial charge in [-0.15, -0.1) is 0 Å². The van der Waals surface area contributed by atoms with Crippen LogP contribution in [0.3, 0.4) is 0 Å². The number of ether oxygens (including phenoxy) is 1. The van der Waals surface area contributed by atoms with Gasteiger partial charge in [0.25, 0.3) is 0 Å². The molecule has 1 unspecified atom stereocenters. The monoisotopic (exact) mass is 353 g/mol. The van der Waals surface area contributed by atoms with Gasteiger partial charge in [0.2, 0.25) is 5.91 Å². The lowest BCUT2D eigenvalue weighted by Crippen LogP contribution is -2.33. The summed E-state index contributed by atoms with van der Waals surface area (Å²) in [5, 5.41) is 7.53. The van der Waals surface area contributed by atoms with E-state index < -0.39 is 0 Å². The molecule has 0 saturated heterocycles. The molecule has 0 aliphatic rings. The third-order valence-electron chi connectivity index (χ3n) is 4.20. The van der Waals surface area contributed by atoms with Crippen LogP contribution >= 0.6 is 0 Å². The molecule has 136 valence electrons. The summed E-state index contributed by atoms with van der Waals surface area (Å²) in [5.74, 6) is 1.45. The van der Waals surface area contributed by atoms with Gasteiger partial charge < -0.3 is 14.5 Å². The zero-order valence-electron chi connectivity index (χ0n) is 15.2. The molecule has 0 saturated carbocycles. The summed E-state index contributed by atoms with van der Waals surface area (Å²) in [4.78, 5) is 12.4. The van der Waals surface area contributed by atoms with Crippen molar-refractivity contribution >= 4 is 5.91 Å². The molecule has 0 aliphatic carbocycles. The van der Waals surface area contributed by atoms with Gasteiger partial charge in [-0.25, -0.2) is 0 Å². The van der Waals surface area contributed by atoms with Crippen LogP contribution in [0.25, 0.3) is 0 Å². The largest absolute Gasteiger partial charge is 0.497 e. The standard InChI is InChI=1S/C20H23N3O3/c1-14-10-15(2)23(22-14)18(19-8-5-9-26-19)13-21-20(24)12-16-6-4-7-17(11-16)25-3/h4-11,18H,12-13H2,1-3H3,(H,21,24). The maximum Gasteiger partial charge on any atom is 0.224 e. The summed E-state index contributed by atoms with van der Waals surface area (Å²) in [6.07, 6.45) is 1.92. The Hall–Kier alpha value is -3.02. The fourth-order valence-electron chi connectivity index (χ4n) is 2.99. The highest BCUT2D eigenvalue weighted by atomic mass is 16.5. The van der Waals surface area contributed by atoms with Crippen LogP contribution in [0.5, 0.6) is 5.75 Å². The van der Waals surface area contributed by atoms with Crippen LogP contribution in [0.2, 0.25) is 0 Å². The van der Waals surface area contributed by atoms with Crippen LogP contribution < -0.4 is 10.1 Å². The number of hydrogen-bond donors (Lipinski definition) is 1. The van der Waals surface area contributed by atoms with Crippen LogP contribution in [0, 0.1) is 13.8 Å². The van der Waals surface area contributed by atoms with E-state index in [-0.39, 0.29) is 11.9 Å². The van der Waals surface area contributed by atoms with Gasteiger partial charge in [0.1, 0.15) is 17.6 Å². The van der Waals surface area contributed by atoms with Crippen molar-refractivity contribution < 1.29 is 13.9 Å². The van der Waals surface area contributed by atoms with Crippen LogP contribution in [-0.2, 0) is 11.2 Å². The zero-order valence-corrected chi connectivity index (χ0v) is 15.2. The molecule has 1 aromatic carbocycles. The van der Waals surface area contributed by atoms with Gasteiger partial charge >= 0.3 is 0 Å². The molecule has 1 N–H and O–H groups in total. The van der Waals surface area contributed by atoms with Crippen molar-refractivity contribution in [2.75, 3.05) is 13.7 Å². The minimum absolute atomic E-state index is 0.0589. The first-order valence-electron chi connectivity index (χ1n) is 8.52. The normalized spacial score (nSPS) is 12.0. The summed E-state index contributed by atoms with van der Waals surface area (Å²) in [7, 11) is 1.61. The van der Waals surface area contributed by atoms with E-state index in [1.54, 1.807) is 13.4 Å². The molecular weight excluding hydrogens is 330 g/mol. The molecule has 6 heteroatoms. The number of carbonyl (C=O) groups excluding carboxylic acids is 1. The Morgan fingerprint density at radius 2 is 2.12 bits per heavy atom. The molecule has 3 aromatic rings. The number of nitrogens with zero attached hydrogens (tertiary/aromatic N) is 2. The summed E-state index contributed by atoms with van der Waals surface area (Å²) in [6.45, 7) is 4.34. The Kier molecular flexibility index (Phi) is 5.41. The van der Waals surface area contributed by atoms with E-state index in [0.717, 1.165) is 28.5 Å². The van der Waals surface area contributed by atoms with E-state index in [0.29, 0.717) is 13.0 Å². The second-order valence-electron chi connectivity index (χ2n) is 6.24. The van der Waals surface area contributed by atoms with Crippen LogP contribution in [0.4, 0.5) is 0 Å². The first kappa shape index (κ1) is 17.8. The second kappa shape index (κ2) is 7.91. The van der Waals surface area contributed by atoms with Gasteiger partial charge in [-0.2, -0.15) is 5.10 Å². The first-order valence-corrected chi connectivity index (χ1v) is 8.52. The highest BCUT2D eigenvalue weighted by Crippen LogP contribution is 2.20. The van der Waals surface area contributed by atoms with E-state index in [1.807, 2.05) is 61.0 Å². The highest BCUT2D eigenvalue weighted by Gasteiger charge is 2.20. The fraction of sp³-hybridized carbons (Fsp3) is 0.300. The number of methoxy groups -OCH3 is 1. The van der Waals surface area contributed by atoms with E-state index in [9.17, 15) is 4.79 Å². The minimum Gasteiger partial charge on any atom is -0.497 e. The van der Waals surface area contributed by atoms with E-state index in [1.165, 1.54) is 0 Å². The van der Waals surface area contributed by atoms with Gasteiger partial charge in [0.05, 0.1) is 25.5 Å². The summed E-state index contributed by atoms with van der Waals surface area (Å²) < 4.78 is 12.7. The quantitative estimate of drug-likeness (QED) is 0.709. The average molecular weight is 353 g/mol. The van der Waals surface area contributed by atoms with Crippen molar-refractivity contribution in [2.24, 2.45) is 0 Å². The average Bonchev–Trinajstić information content (AvgIpc) is 3.26. The van der Waals surface area contributed by atoms with Gasteiger partial charge in [0.15, 0.2) is 0 Å². The molecular formula is C20H23N3O3. The van der Waals surface area contributed by atoms with Crippen LogP contribution in [-0.4, -0.2) is 29.3 Å². The Balaban J connectivity index is 1.70. The number of aryl methyl sites for hydroxylation is 2. The van der Waals surface area contributed by atoms with Crippen molar-refractivity contribution in [3.63, 3.8) is 0 Å². The van der Waals surface area contributed by atoms with E-state index in [2.05, 4.69) is 10.4 Å². The Morgan fingerprint density at radius 3 is 2.77 bits per heavy atom. The van der Waals surface area contributed by atoms with Gasteiger partial charge in [0, 0.05) is 12.2 Å². The van der Waals surface area contributed by atoms with Crippen molar-refractivity contribution in [1.82, 2.24) is 15.1 Å². The lowest BCUT2D eigenvalue weighted by Gasteiger charge is -2.18. The molecule has 0 bridgehead atoms. The maximum atomic E-state index is 12.4. The summed E-state index contributed by atoms with van der Waals surface area (Å²) in [6, 6.07) is 13.1. The third kappa shape index (κ3) is 4.14. The fourth-order valence-corrected chi connectivity index (χ4v) is 2.99. The highest BCUT2D eigenvalue weighted by molar-refractivity contribution is 5.78. The summed E-state index contributed by atoms with van der Waals surface area (Å²) in [5.41, 5.74) is 2.86. The Labute approximate surface area is 152 Å². The smallest absolute Gasteiger partial charge is 0.224 e. The number of benzene rings is 1. The van der Waals surface area contributed by atoms with Crippen molar-refractivity contribution in [2.45, 2.75) is 26.3 Å². The lowest BCUT2D eigenvalue weighted by atomic mass is 10.1. The van der Waals surface area contributed by atoms with E-state index >= 15 is 0 Å². The molecule has 6 nitrogen and oxygen atoms in total. The number of nitrogens with one attached hydrogen (secondary N) is 1. The number of aromatic nitrogens is 2. The molecule has 3 rings (SSSR count). The van der Waals surface area contributed by atoms with Gasteiger partial charge in [-0.05, 0) is 49.7 Å². The second-order valence-corrected chi connectivity index (χ2v) is 6.24. The predicted octanol–water partition coefficient (Wildman–Crippen LogP) is 3.05. The number of rotatable bonds is 7. The molecule has 1 amide bonds. The summed E-state index contributed by atoms with van der Waals surface area (Å²) >= 11 is 0. The number of carbonyl (C=O) groups is 1. The topological polar surface area (TPSA) is 69.3 Å². The van der Waals surface area contributed by atoms with Gasteiger partial charge in [-0.1, -0.05) is 12.1 Å². The minimum atomic E-state index is -0.187. The Bertz CT molecular complexity index is 868. The molecule has 2 heterocycles. The van der Waals surface area contributed by atoms with Crippen LogP contribution in [0.1, 0.15) is 28.8 Å². The molecule has 0 radical (unpaired) electrons. The van der Waals surface area contributed by atoms with E-state index in [4.69, 9.17) is 9.15 Å².